The SMILES string of the molecule is CCN(CC(=O)N[C@H]1CCS(=O)(=O)C1)C(=O)c1cc(C)on1. The van der Waals surface area contributed by atoms with Crippen LogP contribution in [-0.2, 0) is 14.6 Å². The van der Waals surface area contributed by atoms with Crippen molar-refractivity contribution in [1.82, 2.24) is 15.4 Å². The lowest BCUT2D eigenvalue weighted by molar-refractivity contribution is -0.122. The summed E-state index contributed by atoms with van der Waals surface area (Å²) >= 11 is 0. The Labute approximate surface area is 128 Å². The van der Waals surface area contributed by atoms with E-state index < -0.39 is 15.7 Å². The van der Waals surface area contributed by atoms with Gasteiger partial charge in [-0.3, -0.25) is 9.59 Å². The Morgan fingerprint density at radius 3 is 2.73 bits per heavy atom. The summed E-state index contributed by atoms with van der Waals surface area (Å²) in [6.07, 6.45) is 0.413. The van der Waals surface area contributed by atoms with E-state index in [1.807, 2.05) is 0 Å². The van der Waals surface area contributed by atoms with E-state index in [1.54, 1.807) is 13.8 Å². The van der Waals surface area contributed by atoms with Gasteiger partial charge in [0.2, 0.25) is 5.91 Å². The molecule has 0 spiro atoms. The summed E-state index contributed by atoms with van der Waals surface area (Å²) in [6, 6.07) is 1.13. The second-order valence-electron chi connectivity index (χ2n) is 5.31. The van der Waals surface area contributed by atoms with Crippen LogP contribution < -0.4 is 5.32 Å². The quantitative estimate of drug-likeness (QED) is 0.797. The summed E-state index contributed by atoms with van der Waals surface area (Å²) in [7, 11) is -3.05. The van der Waals surface area contributed by atoms with Gasteiger partial charge in [-0.25, -0.2) is 8.42 Å². The molecule has 122 valence electrons. The van der Waals surface area contributed by atoms with Crippen LogP contribution in [0.3, 0.4) is 0 Å². The second-order valence-corrected chi connectivity index (χ2v) is 7.54. The summed E-state index contributed by atoms with van der Waals surface area (Å²) in [5, 5.41) is 6.29. The molecule has 1 aliphatic heterocycles. The number of sulfone groups is 1. The number of rotatable bonds is 5. The summed E-state index contributed by atoms with van der Waals surface area (Å²) < 4.78 is 27.6. The average molecular weight is 329 g/mol. The number of likely N-dealkylation sites (N-methyl/N-ethyl adjacent to an activating group) is 1. The highest BCUT2D eigenvalue weighted by Crippen LogP contribution is 2.11. The molecule has 2 amide bonds. The molecule has 1 atom stereocenters. The summed E-state index contributed by atoms with van der Waals surface area (Å²) in [5.41, 5.74) is 0.149. The van der Waals surface area contributed by atoms with E-state index in [0.717, 1.165) is 0 Å². The Bertz CT molecular complexity index is 667. The zero-order chi connectivity index (χ0) is 16.3. The fourth-order valence-electron chi connectivity index (χ4n) is 2.31. The largest absolute Gasteiger partial charge is 0.361 e. The van der Waals surface area contributed by atoms with Gasteiger partial charge in [-0.1, -0.05) is 5.16 Å². The van der Waals surface area contributed by atoms with Gasteiger partial charge in [0.1, 0.15) is 5.76 Å². The lowest BCUT2D eigenvalue weighted by Crippen LogP contribution is -2.44. The Morgan fingerprint density at radius 2 is 2.23 bits per heavy atom. The van der Waals surface area contributed by atoms with Crippen LogP contribution in [0.25, 0.3) is 0 Å². The molecule has 1 aromatic heterocycles. The molecule has 1 fully saturated rings. The third-order valence-corrected chi connectivity index (χ3v) is 5.22. The van der Waals surface area contributed by atoms with Gasteiger partial charge in [0.05, 0.1) is 18.1 Å². The third-order valence-electron chi connectivity index (χ3n) is 3.45. The Balaban J connectivity index is 1.92. The molecule has 0 bridgehead atoms. The first-order valence-electron chi connectivity index (χ1n) is 7.03. The molecule has 1 aliphatic rings. The van der Waals surface area contributed by atoms with Gasteiger partial charge in [0.15, 0.2) is 15.5 Å². The normalized spacial score (nSPS) is 19.8. The van der Waals surface area contributed by atoms with Crippen molar-refractivity contribution in [2.24, 2.45) is 0 Å². The van der Waals surface area contributed by atoms with E-state index in [1.165, 1.54) is 11.0 Å². The first kappa shape index (κ1) is 16.5. The molecule has 1 aromatic rings. The Kier molecular flexibility index (Phi) is 4.84. The van der Waals surface area contributed by atoms with Gasteiger partial charge in [0.25, 0.3) is 5.91 Å². The molecule has 2 heterocycles. The second kappa shape index (κ2) is 6.47. The van der Waals surface area contributed by atoms with E-state index in [-0.39, 0.29) is 35.7 Å². The maximum atomic E-state index is 12.2. The molecule has 0 radical (unpaired) electrons. The summed E-state index contributed by atoms with van der Waals surface area (Å²) in [5.74, 6) is -0.209. The van der Waals surface area contributed by atoms with Crippen LogP contribution >= 0.6 is 0 Å². The lowest BCUT2D eigenvalue weighted by Gasteiger charge is -2.20. The standard InChI is InChI=1S/C13H19N3O5S/c1-3-16(13(18)11-6-9(2)21-15-11)7-12(17)14-10-4-5-22(19,20)8-10/h6,10H,3-5,7-8H2,1-2H3,(H,14,17)/t10-/m0/s1. The van der Waals surface area contributed by atoms with Crippen molar-refractivity contribution in [3.8, 4) is 0 Å². The minimum absolute atomic E-state index is 0.0404. The summed E-state index contributed by atoms with van der Waals surface area (Å²) in [6.45, 7) is 3.62. The van der Waals surface area contributed by atoms with Gasteiger partial charge in [-0.15, -0.1) is 0 Å². The van der Waals surface area contributed by atoms with Crippen molar-refractivity contribution in [2.75, 3.05) is 24.6 Å². The number of carbonyl (C=O) groups is 2. The van der Waals surface area contributed by atoms with Crippen LogP contribution in [0.2, 0.25) is 0 Å². The number of nitrogens with zero attached hydrogens (tertiary/aromatic N) is 2. The minimum atomic E-state index is -3.05. The number of hydrogen-bond donors (Lipinski definition) is 1. The van der Waals surface area contributed by atoms with Gasteiger partial charge in [-0.05, 0) is 20.3 Å². The van der Waals surface area contributed by atoms with Gasteiger partial charge in [-0.2, -0.15) is 0 Å². The number of aryl methyl sites for hydroxylation is 1. The van der Waals surface area contributed by atoms with Crippen LogP contribution in [0, 0.1) is 6.92 Å². The molecule has 1 N–H and O–H groups in total. The Hall–Kier alpha value is -1.90. The first-order chi connectivity index (χ1) is 10.3. The van der Waals surface area contributed by atoms with Crippen LogP contribution in [0.5, 0.6) is 0 Å². The third kappa shape index (κ3) is 4.06. The number of hydrogen-bond acceptors (Lipinski definition) is 6. The van der Waals surface area contributed by atoms with E-state index in [4.69, 9.17) is 4.52 Å². The molecule has 2 rings (SSSR count). The lowest BCUT2D eigenvalue weighted by atomic mass is 10.2. The van der Waals surface area contributed by atoms with E-state index >= 15 is 0 Å². The topological polar surface area (TPSA) is 110 Å². The smallest absolute Gasteiger partial charge is 0.276 e. The maximum Gasteiger partial charge on any atom is 0.276 e. The molecular weight excluding hydrogens is 310 g/mol. The van der Waals surface area contributed by atoms with Crippen LogP contribution in [0.15, 0.2) is 10.6 Å². The fraction of sp³-hybridized carbons (Fsp3) is 0.615. The van der Waals surface area contributed by atoms with Crippen molar-refractivity contribution >= 4 is 21.7 Å². The number of carbonyl (C=O) groups excluding carboxylic acids is 2. The highest BCUT2D eigenvalue weighted by molar-refractivity contribution is 7.91. The van der Waals surface area contributed by atoms with Gasteiger partial charge in [0, 0.05) is 18.7 Å². The highest BCUT2D eigenvalue weighted by atomic mass is 32.2. The van der Waals surface area contributed by atoms with Gasteiger partial charge >= 0.3 is 0 Å². The zero-order valence-electron chi connectivity index (χ0n) is 12.5. The average Bonchev–Trinajstić information content (AvgIpc) is 3.01. The van der Waals surface area contributed by atoms with Crippen molar-refractivity contribution in [3.63, 3.8) is 0 Å². The van der Waals surface area contributed by atoms with Crippen molar-refractivity contribution in [3.05, 3.63) is 17.5 Å². The number of aromatic nitrogens is 1. The fourth-order valence-corrected chi connectivity index (χ4v) is 3.99. The molecule has 0 saturated carbocycles. The molecule has 1 saturated heterocycles. The number of amides is 2. The monoisotopic (exact) mass is 329 g/mol. The van der Waals surface area contributed by atoms with E-state index in [2.05, 4.69) is 10.5 Å². The molecule has 0 aromatic carbocycles. The Morgan fingerprint density at radius 1 is 1.50 bits per heavy atom. The van der Waals surface area contributed by atoms with E-state index in [9.17, 15) is 18.0 Å². The first-order valence-corrected chi connectivity index (χ1v) is 8.85. The predicted octanol–water partition coefficient (Wildman–Crippen LogP) is -0.252. The molecular formula is C13H19N3O5S. The van der Waals surface area contributed by atoms with Crippen LogP contribution in [0.1, 0.15) is 29.6 Å². The minimum Gasteiger partial charge on any atom is -0.361 e. The zero-order valence-corrected chi connectivity index (χ0v) is 13.4. The number of nitrogens with one attached hydrogen (secondary N) is 1. The highest BCUT2D eigenvalue weighted by Gasteiger charge is 2.29. The molecule has 9 heteroatoms. The molecule has 22 heavy (non-hydrogen) atoms. The van der Waals surface area contributed by atoms with Gasteiger partial charge < -0.3 is 14.7 Å². The van der Waals surface area contributed by atoms with Crippen LogP contribution in [0.4, 0.5) is 0 Å². The van der Waals surface area contributed by atoms with Crippen molar-refractivity contribution < 1.29 is 22.5 Å². The predicted molar refractivity (Wildman–Crippen MR) is 78.0 cm³/mol. The molecule has 8 nitrogen and oxygen atoms in total. The van der Waals surface area contributed by atoms with Crippen molar-refractivity contribution in [2.45, 2.75) is 26.3 Å². The molecule has 0 aliphatic carbocycles. The van der Waals surface area contributed by atoms with Crippen molar-refractivity contribution in [1.29, 1.82) is 0 Å². The van der Waals surface area contributed by atoms with Crippen LogP contribution in [-0.4, -0.2) is 60.9 Å². The molecule has 0 unspecified atom stereocenters. The van der Waals surface area contributed by atoms with E-state index in [0.29, 0.717) is 18.7 Å². The summed E-state index contributed by atoms with van der Waals surface area (Å²) in [4.78, 5) is 25.5. The maximum absolute atomic E-state index is 12.2.